The van der Waals surface area contributed by atoms with Crippen molar-refractivity contribution in [3.8, 4) is 45.4 Å². The average Bonchev–Trinajstić information content (AvgIpc) is 3.11. The van der Waals surface area contributed by atoms with Crippen LogP contribution >= 0.6 is 23.2 Å². The van der Waals surface area contributed by atoms with Crippen LogP contribution in [0.3, 0.4) is 0 Å². The van der Waals surface area contributed by atoms with Gasteiger partial charge in [-0.25, -0.2) is 19.9 Å². The van der Waals surface area contributed by atoms with Crippen molar-refractivity contribution in [3.63, 3.8) is 0 Å². The third kappa shape index (κ3) is 8.38. The first kappa shape index (κ1) is 36.4. The molecule has 0 atom stereocenters. The molecule has 0 saturated carbocycles. The topological polar surface area (TPSA) is 160 Å². The fourth-order valence-corrected chi connectivity index (χ4v) is 6.47. The van der Waals surface area contributed by atoms with Gasteiger partial charge in [-0.05, 0) is 26.0 Å². The monoisotopic (exact) mass is 738 g/mol. The number of H-pyrrole nitrogens is 2. The number of nitrogens with zero attached hydrogens (tertiary/aromatic N) is 4. The Morgan fingerprint density at radius 3 is 1.37 bits per heavy atom. The Balaban J connectivity index is 1.21. The predicted molar refractivity (Wildman–Crippen MR) is 202 cm³/mol. The van der Waals surface area contributed by atoms with Crippen molar-refractivity contribution in [1.82, 2.24) is 40.5 Å². The van der Waals surface area contributed by atoms with Gasteiger partial charge in [0, 0.05) is 70.0 Å². The summed E-state index contributed by atoms with van der Waals surface area (Å²) in [5.74, 6) is 1.98. The number of ether oxygens (including phenoxy) is 2. The lowest BCUT2D eigenvalue weighted by Crippen LogP contribution is -2.19. The molecule has 0 aliphatic rings. The molecule has 0 bridgehead atoms. The summed E-state index contributed by atoms with van der Waals surface area (Å²) in [6, 6.07) is 22.0. The van der Waals surface area contributed by atoms with E-state index in [2.05, 4.69) is 30.6 Å². The second-order valence-corrected chi connectivity index (χ2v) is 12.7. The van der Waals surface area contributed by atoms with Crippen molar-refractivity contribution in [2.75, 3.05) is 14.2 Å². The molecule has 0 spiro atoms. The molecule has 0 fully saturated rings. The summed E-state index contributed by atoms with van der Waals surface area (Å²) in [6.07, 6.45) is 0. The maximum Gasteiger partial charge on any atom is 0.251 e. The Kier molecular flexibility index (Phi) is 11.4. The Bertz CT molecular complexity index is 2200. The third-order valence-electron chi connectivity index (χ3n) is 8.16. The van der Waals surface area contributed by atoms with Crippen LogP contribution in [0.5, 0.6) is 11.8 Å². The normalized spacial score (nSPS) is 11.1. The van der Waals surface area contributed by atoms with Crippen LogP contribution in [0.15, 0.2) is 82.4 Å². The number of benzene rings is 2. The van der Waals surface area contributed by atoms with Crippen molar-refractivity contribution in [2.24, 2.45) is 0 Å². The molecule has 12 nitrogen and oxygen atoms in total. The van der Waals surface area contributed by atoms with E-state index in [0.717, 1.165) is 22.3 Å². The molecule has 0 aliphatic heterocycles. The summed E-state index contributed by atoms with van der Waals surface area (Å²) in [5, 5.41) is 7.52. The number of methoxy groups -OCH3 is 2. The molecule has 0 aliphatic carbocycles. The van der Waals surface area contributed by atoms with E-state index in [9.17, 15) is 9.59 Å². The molecule has 4 N–H and O–H groups in total. The Hall–Kier alpha value is -5.40. The zero-order valence-corrected chi connectivity index (χ0v) is 30.4. The molecule has 0 unspecified atom stereocenters. The molecule has 14 heteroatoms. The van der Waals surface area contributed by atoms with Gasteiger partial charge in [-0.2, -0.15) is 0 Å². The highest BCUT2D eigenvalue weighted by Crippen LogP contribution is 2.42. The van der Waals surface area contributed by atoms with Crippen molar-refractivity contribution in [3.05, 3.63) is 138 Å². The van der Waals surface area contributed by atoms with Gasteiger partial charge in [-0.3, -0.25) is 9.59 Å². The minimum Gasteiger partial charge on any atom is -0.481 e. The summed E-state index contributed by atoms with van der Waals surface area (Å²) in [5.41, 5.74) is 6.72. The predicted octanol–water partition coefficient (Wildman–Crippen LogP) is 6.16. The molecule has 4 aromatic heterocycles. The molecule has 0 saturated heterocycles. The van der Waals surface area contributed by atoms with E-state index in [1.807, 2.05) is 60.7 Å². The van der Waals surface area contributed by atoms with Crippen LogP contribution in [-0.4, -0.2) is 44.1 Å². The van der Waals surface area contributed by atoms with E-state index in [4.69, 9.17) is 42.6 Å². The number of pyridine rings is 2. The van der Waals surface area contributed by atoms with E-state index < -0.39 is 0 Å². The molecule has 0 amide bonds. The van der Waals surface area contributed by atoms with Gasteiger partial charge >= 0.3 is 0 Å². The summed E-state index contributed by atoms with van der Waals surface area (Å²) in [7, 11) is 3.13. The summed E-state index contributed by atoms with van der Waals surface area (Å²) in [6.45, 7) is 5.18. The first-order valence-electron chi connectivity index (χ1n) is 16.3. The average molecular weight is 740 g/mol. The minimum atomic E-state index is -0.191. The van der Waals surface area contributed by atoms with E-state index in [0.29, 0.717) is 93.5 Å². The second kappa shape index (κ2) is 16.3. The van der Waals surface area contributed by atoms with E-state index in [1.54, 1.807) is 28.1 Å². The van der Waals surface area contributed by atoms with Crippen molar-refractivity contribution < 1.29 is 9.47 Å². The third-order valence-corrected chi connectivity index (χ3v) is 8.97. The van der Waals surface area contributed by atoms with Gasteiger partial charge in [0.05, 0.1) is 48.7 Å². The fraction of sp³-hybridized carbons (Fsp3) is 0.211. The van der Waals surface area contributed by atoms with Gasteiger partial charge in [0.15, 0.2) is 0 Å². The zero-order chi connectivity index (χ0) is 36.8. The zero-order valence-electron chi connectivity index (χ0n) is 28.9. The van der Waals surface area contributed by atoms with Crippen LogP contribution < -0.4 is 31.2 Å². The summed E-state index contributed by atoms with van der Waals surface area (Å²) >= 11 is 14.2. The van der Waals surface area contributed by atoms with Gasteiger partial charge < -0.3 is 30.1 Å². The highest BCUT2D eigenvalue weighted by molar-refractivity contribution is 6.39. The smallest absolute Gasteiger partial charge is 0.251 e. The van der Waals surface area contributed by atoms with Gasteiger partial charge in [-0.15, -0.1) is 0 Å². The van der Waals surface area contributed by atoms with Crippen LogP contribution in [0.2, 0.25) is 10.0 Å². The lowest BCUT2D eigenvalue weighted by Gasteiger charge is -2.15. The Labute approximate surface area is 309 Å². The summed E-state index contributed by atoms with van der Waals surface area (Å²) in [4.78, 5) is 47.3. The quantitative estimate of drug-likeness (QED) is 0.108. The first-order valence-corrected chi connectivity index (χ1v) is 17.1. The van der Waals surface area contributed by atoms with Crippen molar-refractivity contribution in [1.29, 1.82) is 0 Å². The Morgan fingerprint density at radius 2 is 0.981 bits per heavy atom. The van der Waals surface area contributed by atoms with Gasteiger partial charge in [0.25, 0.3) is 11.1 Å². The van der Waals surface area contributed by atoms with Crippen LogP contribution in [0.25, 0.3) is 33.6 Å². The van der Waals surface area contributed by atoms with Gasteiger partial charge in [-0.1, -0.05) is 71.7 Å². The molecular formula is C38H36Cl2N8O4. The van der Waals surface area contributed by atoms with E-state index in [1.165, 1.54) is 12.1 Å². The van der Waals surface area contributed by atoms with E-state index in [-0.39, 0.29) is 11.1 Å². The maximum atomic E-state index is 11.8. The fourth-order valence-electron chi connectivity index (χ4n) is 5.82. The van der Waals surface area contributed by atoms with Crippen LogP contribution in [0.1, 0.15) is 34.2 Å². The first-order chi connectivity index (χ1) is 25.1. The number of hydrogen-bond donors (Lipinski definition) is 4. The molecular weight excluding hydrogens is 703 g/mol. The lowest BCUT2D eigenvalue weighted by atomic mass is 9.98. The molecule has 4 heterocycles. The summed E-state index contributed by atoms with van der Waals surface area (Å²) < 4.78 is 11.3. The maximum absolute atomic E-state index is 11.8. The van der Waals surface area contributed by atoms with Gasteiger partial charge in [0.2, 0.25) is 11.8 Å². The van der Waals surface area contributed by atoms with Crippen LogP contribution in [-0.2, 0) is 26.2 Å². The number of rotatable bonds is 13. The van der Waals surface area contributed by atoms with Crippen molar-refractivity contribution >= 4 is 23.2 Å². The standard InChI is InChI=1S/C38H36Cl2N8O4/c1-21-15-33(49)47-31(43-21)19-41-17-23-11-13-29(45-37(23)51-3)27-9-5-7-25(35(27)39)26-8-6-10-28(36(26)40)30-14-12-24(38(46-30)52-4)18-42-20-32-44-22(2)16-34(50)48-32/h5-16,41-42H,17-20H2,1-4H3,(H,43,47,49)(H,44,48,50). The molecule has 266 valence electrons. The molecule has 52 heavy (non-hydrogen) atoms. The number of nitrogens with one attached hydrogen (secondary N) is 4. The molecule has 2 aromatic carbocycles. The largest absolute Gasteiger partial charge is 0.481 e. The number of hydrogen-bond acceptors (Lipinski definition) is 10. The number of aryl methyl sites for hydroxylation is 2. The van der Waals surface area contributed by atoms with Crippen LogP contribution in [0, 0.1) is 13.8 Å². The SMILES string of the molecule is COc1nc(-c2cccc(-c3cccc(-c4ccc(CNCc5nc(C)cc(=O)[nH]5)c(OC)n4)c3Cl)c2Cl)ccc1CNCc1nc(C)cc(=O)[nH]1. The molecule has 6 aromatic rings. The Morgan fingerprint density at radius 1 is 0.577 bits per heavy atom. The minimum absolute atomic E-state index is 0.191. The number of aromatic amines is 2. The van der Waals surface area contributed by atoms with E-state index >= 15 is 0 Å². The lowest BCUT2D eigenvalue weighted by molar-refractivity contribution is 0.391. The molecule has 0 radical (unpaired) electrons. The number of halogens is 2. The van der Waals surface area contributed by atoms with Gasteiger partial charge in [0.1, 0.15) is 11.6 Å². The van der Waals surface area contributed by atoms with Crippen molar-refractivity contribution in [2.45, 2.75) is 40.0 Å². The second-order valence-electron chi connectivity index (χ2n) is 11.9. The highest BCUT2D eigenvalue weighted by atomic mass is 35.5. The number of aromatic nitrogens is 6. The highest BCUT2D eigenvalue weighted by Gasteiger charge is 2.18. The van der Waals surface area contributed by atoms with Crippen LogP contribution in [0.4, 0.5) is 0 Å². The molecule has 6 rings (SSSR count).